The van der Waals surface area contributed by atoms with Gasteiger partial charge in [-0.15, -0.1) is 0 Å². The topological polar surface area (TPSA) is 121 Å². The third-order valence-electron chi connectivity index (χ3n) is 0.967. The summed E-state index contributed by atoms with van der Waals surface area (Å²) in [5.41, 5.74) is 0.137. The summed E-state index contributed by atoms with van der Waals surface area (Å²) in [4.78, 5) is 9.59. The zero-order valence-electron chi connectivity index (χ0n) is 6.85. The van der Waals surface area contributed by atoms with E-state index in [1.807, 2.05) is 0 Å². The molecule has 14 heavy (non-hydrogen) atoms. The first-order valence-electron chi connectivity index (χ1n) is 3.28. The van der Waals surface area contributed by atoms with Crippen molar-refractivity contribution in [2.75, 3.05) is 0 Å². The molecule has 0 heterocycles. The summed E-state index contributed by atoms with van der Waals surface area (Å²) in [7, 11) is 0. The van der Waals surface area contributed by atoms with Crippen molar-refractivity contribution in [2.24, 2.45) is 0 Å². The normalized spacial score (nSPS) is 9.93. The van der Waals surface area contributed by atoms with Crippen LogP contribution in [0.15, 0.2) is 30.3 Å². The zero-order valence-corrected chi connectivity index (χ0v) is 8.72. The van der Waals surface area contributed by atoms with Gasteiger partial charge in [0.15, 0.2) is 0 Å². The van der Waals surface area contributed by atoms with Gasteiger partial charge >= 0.3 is 30.5 Å². The SMILES string of the molecule is O=[As](O)(O)O.O=[N+]([O-])c1ccccc1. The van der Waals surface area contributed by atoms with Crippen LogP contribution in [-0.4, -0.2) is 31.7 Å². The fourth-order valence-corrected chi connectivity index (χ4v) is 0.550. The van der Waals surface area contributed by atoms with Crippen LogP contribution >= 0.6 is 0 Å². The summed E-state index contributed by atoms with van der Waals surface area (Å²) >= 11 is -5.12. The van der Waals surface area contributed by atoms with Crippen LogP contribution in [0.1, 0.15) is 0 Å². The maximum atomic E-state index is 10.0. The Kier molecular flexibility index (Phi) is 5.11. The van der Waals surface area contributed by atoms with Crippen molar-refractivity contribution >= 4 is 20.2 Å². The first-order chi connectivity index (χ1) is 6.30. The summed E-state index contributed by atoms with van der Waals surface area (Å²) in [6.07, 6.45) is 0. The van der Waals surface area contributed by atoms with Crippen molar-refractivity contribution in [3.8, 4) is 0 Å². The summed E-state index contributed by atoms with van der Waals surface area (Å²) in [6, 6.07) is 7.93. The van der Waals surface area contributed by atoms with Gasteiger partial charge in [-0.2, -0.15) is 0 Å². The summed E-state index contributed by atoms with van der Waals surface area (Å²) in [5, 5.41) is 10.0. The molecular formula is C6H8AsNO6. The van der Waals surface area contributed by atoms with Crippen LogP contribution in [0.25, 0.3) is 0 Å². The van der Waals surface area contributed by atoms with Crippen LogP contribution in [0.3, 0.4) is 0 Å². The molecule has 1 aromatic carbocycles. The Bertz CT molecular complexity index is 325. The van der Waals surface area contributed by atoms with Crippen molar-refractivity contribution in [1.82, 2.24) is 0 Å². The number of nitrogens with zero attached hydrogens (tertiary/aromatic N) is 1. The van der Waals surface area contributed by atoms with Crippen molar-refractivity contribution in [3.63, 3.8) is 0 Å². The van der Waals surface area contributed by atoms with E-state index in [4.69, 9.17) is 16.0 Å². The average Bonchev–Trinajstić information content (AvgIpc) is 2.03. The summed E-state index contributed by atoms with van der Waals surface area (Å²) in [5.74, 6) is 0. The number of nitro benzene ring substituents is 1. The Morgan fingerprint density at radius 2 is 1.50 bits per heavy atom. The predicted molar refractivity (Wildman–Crippen MR) is 46.2 cm³/mol. The quantitative estimate of drug-likeness (QED) is 0.355. The van der Waals surface area contributed by atoms with Crippen molar-refractivity contribution in [1.29, 1.82) is 0 Å². The molecule has 1 rings (SSSR count). The van der Waals surface area contributed by atoms with Crippen LogP contribution in [-0.2, 0) is 3.74 Å². The molecule has 0 aliphatic heterocycles. The van der Waals surface area contributed by atoms with Gasteiger partial charge in [0, 0.05) is 12.1 Å². The monoisotopic (exact) mass is 265 g/mol. The molecule has 0 saturated heterocycles. The molecule has 8 heteroatoms. The molecule has 0 radical (unpaired) electrons. The largest absolute Gasteiger partial charge is 0.269 e. The molecule has 7 nitrogen and oxygen atoms in total. The molecular weight excluding hydrogens is 257 g/mol. The molecule has 0 aromatic heterocycles. The van der Waals surface area contributed by atoms with Gasteiger partial charge in [0.1, 0.15) is 0 Å². The Balaban J connectivity index is 0.000000292. The van der Waals surface area contributed by atoms with Gasteiger partial charge in [0.2, 0.25) is 0 Å². The third kappa shape index (κ3) is 8.95. The maximum Gasteiger partial charge on any atom is 0.269 e. The molecule has 0 saturated carbocycles. The number of benzene rings is 1. The molecule has 78 valence electrons. The predicted octanol–water partition coefficient (Wildman–Crippen LogP) is -0.576. The van der Waals surface area contributed by atoms with Crippen LogP contribution in [0.5, 0.6) is 0 Å². The van der Waals surface area contributed by atoms with E-state index in [-0.39, 0.29) is 5.69 Å². The van der Waals surface area contributed by atoms with Crippen molar-refractivity contribution < 1.29 is 20.9 Å². The second kappa shape index (κ2) is 5.56. The second-order valence-electron chi connectivity index (χ2n) is 2.11. The van der Waals surface area contributed by atoms with E-state index < -0.39 is 19.4 Å². The Labute approximate surface area is 82.1 Å². The van der Waals surface area contributed by atoms with Gasteiger partial charge in [0.25, 0.3) is 5.69 Å². The smallest absolute Gasteiger partial charge is 0.258 e. The molecule has 0 unspecified atom stereocenters. The van der Waals surface area contributed by atoms with Gasteiger partial charge < -0.3 is 0 Å². The molecule has 0 atom stereocenters. The molecule has 0 aliphatic rings. The number of hydrogen-bond donors (Lipinski definition) is 3. The van der Waals surface area contributed by atoms with Crippen molar-refractivity contribution in [2.45, 2.75) is 0 Å². The first kappa shape index (κ1) is 12.9. The zero-order chi connectivity index (χ0) is 11.2. The van der Waals surface area contributed by atoms with Crippen LogP contribution in [0.2, 0.25) is 0 Å². The van der Waals surface area contributed by atoms with Crippen molar-refractivity contribution in [3.05, 3.63) is 40.4 Å². The molecule has 3 N–H and O–H groups in total. The standard InChI is InChI=1S/C6H5NO2.AsH3O4/c8-7(9)6-4-2-1-3-5-6;2-1(3,4)5/h1-5H;(H3,2,3,4,5). The van der Waals surface area contributed by atoms with E-state index in [0.717, 1.165) is 0 Å². The van der Waals surface area contributed by atoms with Crippen LogP contribution < -0.4 is 0 Å². The molecule has 0 spiro atoms. The Hall–Kier alpha value is -1.14. The molecule has 0 bridgehead atoms. The fourth-order valence-electron chi connectivity index (χ4n) is 0.550. The molecule has 0 fully saturated rings. The van der Waals surface area contributed by atoms with Crippen LogP contribution in [0.4, 0.5) is 5.69 Å². The van der Waals surface area contributed by atoms with Crippen LogP contribution in [0, 0.1) is 10.1 Å². The van der Waals surface area contributed by atoms with E-state index in [0.29, 0.717) is 0 Å². The molecule has 0 amide bonds. The number of para-hydroxylation sites is 1. The maximum absolute atomic E-state index is 10.0. The van der Waals surface area contributed by atoms with Gasteiger partial charge in [-0.3, -0.25) is 10.1 Å². The van der Waals surface area contributed by atoms with Gasteiger partial charge in [-0.1, -0.05) is 18.2 Å². The fraction of sp³-hybridized carbons (Fsp3) is 0. The minimum atomic E-state index is -5.12. The number of non-ortho nitro benzene ring substituents is 1. The van der Waals surface area contributed by atoms with Gasteiger partial charge in [-0.05, 0) is 0 Å². The Morgan fingerprint density at radius 3 is 1.71 bits per heavy atom. The first-order valence-corrected chi connectivity index (χ1v) is 6.57. The molecule has 1 aromatic rings. The number of hydrogen-bond acceptors (Lipinski definition) is 3. The summed E-state index contributed by atoms with van der Waals surface area (Å²) in [6.45, 7) is 0. The van der Waals surface area contributed by atoms with E-state index in [1.165, 1.54) is 12.1 Å². The van der Waals surface area contributed by atoms with Gasteiger partial charge in [0.05, 0.1) is 4.92 Å². The third-order valence-corrected chi connectivity index (χ3v) is 0.967. The van der Waals surface area contributed by atoms with E-state index >= 15 is 0 Å². The number of nitro groups is 1. The minimum absolute atomic E-state index is 0.137. The van der Waals surface area contributed by atoms with E-state index in [2.05, 4.69) is 0 Å². The molecule has 0 aliphatic carbocycles. The van der Waals surface area contributed by atoms with Gasteiger partial charge in [-0.25, -0.2) is 0 Å². The van der Waals surface area contributed by atoms with E-state index in [9.17, 15) is 10.1 Å². The van der Waals surface area contributed by atoms with E-state index in [1.54, 1.807) is 18.2 Å². The Morgan fingerprint density at radius 1 is 1.14 bits per heavy atom. The second-order valence-corrected chi connectivity index (χ2v) is 4.26. The average molecular weight is 265 g/mol. The number of rotatable bonds is 1. The minimum Gasteiger partial charge on any atom is -0.258 e. The summed E-state index contributed by atoms with van der Waals surface area (Å²) < 4.78 is 30.7.